The highest BCUT2D eigenvalue weighted by Crippen LogP contribution is 2.27. The third-order valence-electron chi connectivity index (χ3n) is 2.56. The Labute approximate surface area is 102 Å². The van der Waals surface area contributed by atoms with Crippen LogP contribution in [0.4, 0.5) is 5.13 Å². The van der Waals surface area contributed by atoms with Crippen molar-refractivity contribution in [1.82, 2.24) is 14.3 Å². The molecular weight excluding hydrogens is 240 g/mol. The molecule has 0 unspecified atom stereocenters. The summed E-state index contributed by atoms with van der Waals surface area (Å²) in [7, 11) is 0. The summed E-state index contributed by atoms with van der Waals surface area (Å²) in [6.07, 6.45) is 3.64. The van der Waals surface area contributed by atoms with Crippen LogP contribution >= 0.6 is 22.9 Å². The van der Waals surface area contributed by atoms with Gasteiger partial charge in [-0.25, -0.2) is 9.97 Å². The van der Waals surface area contributed by atoms with E-state index in [1.54, 1.807) is 0 Å². The van der Waals surface area contributed by atoms with Gasteiger partial charge in [0.2, 0.25) is 5.13 Å². The average molecular weight is 252 g/mol. The van der Waals surface area contributed by atoms with Crippen LogP contribution in [-0.2, 0) is 19.4 Å². The number of nitrogens with zero attached hydrogens (tertiary/aromatic N) is 3. The number of thiazole rings is 1. The van der Waals surface area contributed by atoms with Gasteiger partial charge >= 0.3 is 0 Å². The molecule has 0 spiro atoms. The van der Waals surface area contributed by atoms with Crippen LogP contribution < -0.4 is 5.32 Å². The Balaban J connectivity index is 1.66. The lowest BCUT2D eigenvalue weighted by Gasteiger charge is -1.97. The number of aromatic nitrogens is 3. The maximum absolute atomic E-state index is 4.63. The maximum Gasteiger partial charge on any atom is 0.202 e. The molecule has 0 saturated heterocycles. The van der Waals surface area contributed by atoms with Gasteiger partial charge in [-0.3, -0.25) is 0 Å². The molecule has 6 heteroatoms. The highest BCUT2D eigenvalue weighted by atomic mass is 32.1. The zero-order valence-corrected chi connectivity index (χ0v) is 10.6. The summed E-state index contributed by atoms with van der Waals surface area (Å²) in [6, 6.07) is 0. The van der Waals surface area contributed by atoms with E-state index in [2.05, 4.69) is 19.7 Å². The number of hydrogen-bond acceptors (Lipinski definition) is 6. The predicted octanol–water partition coefficient (Wildman–Crippen LogP) is 2.40. The summed E-state index contributed by atoms with van der Waals surface area (Å²) in [5.41, 5.74) is 1.32. The fourth-order valence-electron chi connectivity index (χ4n) is 1.84. The molecule has 0 bridgehead atoms. The van der Waals surface area contributed by atoms with Crippen LogP contribution in [0.25, 0.3) is 0 Å². The summed E-state index contributed by atoms with van der Waals surface area (Å²) >= 11 is 3.24. The Morgan fingerprint density at radius 3 is 3.00 bits per heavy atom. The molecule has 0 atom stereocenters. The van der Waals surface area contributed by atoms with E-state index in [1.807, 2.05) is 18.3 Å². The molecule has 0 aliphatic heterocycles. The zero-order valence-electron chi connectivity index (χ0n) is 8.99. The van der Waals surface area contributed by atoms with Crippen LogP contribution in [0.1, 0.15) is 27.8 Å². The molecule has 4 nitrogen and oxygen atoms in total. The van der Waals surface area contributed by atoms with Crippen molar-refractivity contribution in [2.24, 2.45) is 0 Å². The standard InChI is InChI=1S/C10H12N4S2/c1-6-12-10(16-14-6)11-5-9-13-7-3-2-4-8(7)15-9/h2-5H2,1H3,(H,11,12,14). The van der Waals surface area contributed by atoms with Crippen molar-refractivity contribution in [3.63, 3.8) is 0 Å². The molecule has 3 rings (SSSR count). The second-order valence-electron chi connectivity index (χ2n) is 3.83. The van der Waals surface area contributed by atoms with Gasteiger partial charge < -0.3 is 5.32 Å². The van der Waals surface area contributed by atoms with Crippen LogP contribution in [0.15, 0.2) is 0 Å². The van der Waals surface area contributed by atoms with E-state index in [-0.39, 0.29) is 0 Å². The molecule has 0 radical (unpaired) electrons. The summed E-state index contributed by atoms with van der Waals surface area (Å²) < 4.78 is 4.13. The molecule has 2 aromatic rings. The van der Waals surface area contributed by atoms with E-state index in [1.165, 1.54) is 34.9 Å². The molecule has 2 heterocycles. The Morgan fingerprint density at radius 1 is 1.31 bits per heavy atom. The quantitative estimate of drug-likeness (QED) is 0.911. The first-order valence-corrected chi connectivity index (χ1v) is 6.92. The van der Waals surface area contributed by atoms with E-state index >= 15 is 0 Å². The van der Waals surface area contributed by atoms with E-state index in [4.69, 9.17) is 0 Å². The van der Waals surface area contributed by atoms with Gasteiger partial charge in [0.1, 0.15) is 10.8 Å². The minimum atomic E-state index is 0.770. The zero-order chi connectivity index (χ0) is 11.0. The Kier molecular flexibility index (Phi) is 2.61. The van der Waals surface area contributed by atoms with E-state index in [0.29, 0.717) is 0 Å². The third kappa shape index (κ3) is 1.94. The number of aryl methyl sites for hydroxylation is 3. The highest BCUT2D eigenvalue weighted by Gasteiger charge is 2.16. The Bertz CT molecular complexity index is 481. The summed E-state index contributed by atoms with van der Waals surface area (Å²) in [4.78, 5) is 10.4. The number of rotatable bonds is 3. The normalized spacial score (nSPS) is 14.1. The first-order chi connectivity index (χ1) is 7.81. The number of hydrogen-bond donors (Lipinski definition) is 1. The Hall–Kier alpha value is -1.01. The van der Waals surface area contributed by atoms with Gasteiger partial charge in [-0.1, -0.05) is 0 Å². The van der Waals surface area contributed by atoms with Gasteiger partial charge in [0.25, 0.3) is 0 Å². The minimum absolute atomic E-state index is 0.770. The van der Waals surface area contributed by atoms with Crippen LogP contribution in [0.2, 0.25) is 0 Å². The minimum Gasteiger partial charge on any atom is -0.354 e. The molecule has 84 valence electrons. The fourth-order valence-corrected chi connectivity index (χ4v) is 3.51. The average Bonchev–Trinajstić information content (AvgIpc) is 2.89. The highest BCUT2D eigenvalue weighted by molar-refractivity contribution is 7.12. The molecule has 0 saturated carbocycles. The van der Waals surface area contributed by atoms with Crippen molar-refractivity contribution >= 4 is 28.0 Å². The van der Waals surface area contributed by atoms with E-state index in [0.717, 1.165) is 28.9 Å². The van der Waals surface area contributed by atoms with Gasteiger partial charge in [0.15, 0.2) is 0 Å². The lowest BCUT2D eigenvalue weighted by molar-refractivity contribution is 0.891. The summed E-state index contributed by atoms with van der Waals surface area (Å²) in [6.45, 7) is 2.67. The largest absolute Gasteiger partial charge is 0.354 e. The maximum atomic E-state index is 4.63. The topological polar surface area (TPSA) is 50.7 Å². The van der Waals surface area contributed by atoms with Crippen LogP contribution in [0.5, 0.6) is 0 Å². The third-order valence-corrected chi connectivity index (χ3v) is 4.48. The molecule has 1 aliphatic carbocycles. The molecule has 16 heavy (non-hydrogen) atoms. The van der Waals surface area contributed by atoms with Crippen molar-refractivity contribution in [3.05, 3.63) is 21.4 Å². The summed E-state index contributed by atoms with van der Waals surface area (Å²) in [5.74, 6) is 0.828. The second-order valence-corrected chi connectivity index (χ2v) is 5.75. The first-order valence-electron chi connectivity index (χ1n) is 5.33. The van der Waals surface area contributed by atoms with Crippen molar-refractivity contribution in [1.29, 1.82) is 0 Å². The second kappa shape index (κ2) is 4.10. The van der Waals surface area contributed by atoms with Gasteiger partial charge in [-0.05, 0) is 26.2 Å². The van der Waals surface area contributed by atoms with E-state index in [9.17, 15) is 0 Å². The molecule has 0 fully saturated rings. The van der Waals surface area contributed by atoms with Crippen molar-refractivity contribution in [2.45, 2.75) is 32.7 Å². The van der Waals surface area contributed by atoms with Crippen LogP contribution in [0, 0.1) is 6.92 Å². The van der Waals surface area contributed by atoms with Gasteiger partial charge in [-0.15, -0.1) is 11.3 Å². The predicted molar refractivity (Wildman–Crippen MR) is 66.1 cm³/mol. The van der Waals surface area contributed by atoms with Crippen LogP contribution in [0.3, 0.4) is 0 Å². The molecule has 0 amide bonds. The monoisotopic (exact) mass is 252 g/mol. The van der Waals surface area contributed by atoms with Gasteiger partial charge in [0, 0.05) is 16.4 Å². The van der Waals surface area contributed by atoms with Crippen molar-refractivity contribution in [3.8, 4) is 0 Å². The molecule has 1 N–H and O–H groups in total. The van der Waals surface area contributed by atoms with Crippen LogP contribution in [-0.4, -0.2) is 14.3 Å². The Morgan fingerprint density at radius 2 is 2.25 bits per heavy atom. The lowest BCUT2D eigenvalue weighted by atomic mass is 10.4. The number of nitrogens with one attached hydrogen (secondary N) is 1. The van der Waals surface area contributed by atoms with Crippen molar-refractivity contribution < 1.29 is 0 Å². The van der Waals surface area contributed by atoms with Gasteiger partial charge in [-0.2, -0.15) is 4.37 Å². The van der Waals surface area contributed by atoms with Crippen molar-refractivity contribution in [2.75, 3.05) is 5.32 Å². The van der Waals surface area contributed by atoms with E-state index < -0.39 is 0 Å². The molecule has 0 aromatic carbocycles. The molecular formula is C10H12N4S2. The lowest BCUT2D eigenvalue weighted by Crippen LogP contribution is -1.98. The first kappa shape index (κ1) is 10.2. The smallest absolute Gasteiger partial charge is 0.202 e. The van der Waals surface area contributed by atoms with Gasteiger partial charge in [0.05, 0.1) is 12.2 Å². The summed E-state index contributed by atoms with van der Waals surface area (Å²) in [5, 5.41) is 5.31. The molecule has 1 aliphatic rings. The molecule has 2 aromatic heterocycles. The number of fused-ring (bicyclic) bond motifs is 1. The number of anilines is 1. The SMILES string of the molecule is Cc1nsc(NCc2nc3c(s2)CCC3)n1. The fraction of sp³-hybridized carbons (Fsp3) is 0.500.